The first-order chi connectivity index (χ1) is 9.60. The summed E-state index contributed by atoms with van der Waals surface area (Å²) in [6.45, 7) is 8.44. The van der Waals surface area contributed by atoms with Gasteiger partial charge in [0.05, 0.1) is 5.54 Å². The monoisotopic (exact) mass is 279 g/mol. The number of amides is 1. The molecule has 112 valence electrons. The Balaban J connectivity index is 1.72. The van der Waals surface area contributed by atoms with Crippen molar-refractivity contribution < 1.29 is 4.79 Å². The van der Waals surface area contributed by atoms with E-state index in [9.17, 15) is 4.79 Å². The van der Waals surface area contributed by atoms with Gasteiger partial charge in [0.1, 0.15) is 5.82 Å². The first-order valence-corrected chi connectivity index (χ1v) is 7.33. The van der Waals surface area contributed by atoms with Gasteiger partial charge in [-0.25, -0.2) is 4.98 Å². The predicted molar refractivity (Wildman–Crippen MR) is 78.4 cm³/mol. The minimum absolute atomic E-state index is 0.110. The van der Waals surface area contributed by atoms with Crippen LogP contribution in [-0.2, 0) is 11.2 Å². The van der Waals surface area contributed by atoms with Gasteiger partial charge in [-0.15, -0.1) is 0 Å². The van der Waals surface area contributed by atoms with Crippen LogP contribution in [-0.4, -0.2) is 59.0 Å². The van der Waals surface area contributed by atoms with Crippen LogP contribution in [0.15, 0.2) is 12.4 Å². The van der Waals surface area contributed by atoms with Crippen LogP contribution in [0, 0.1) is 0 Å². The van der Waals surface area contributed by atoms with E-state index in [-0.39, 0.29) is 5.91 Å². The summed E-state index contributed by atoms with van der Waals surface area (Å²) in [5.41, 5.74) is -0.438. The van der Waals surface area contributed by atoms with E-state index in [1.165, 1.54) is 0 Å². The van der Waals surface area contributed by atoms with Gasteiger partial charge in [-0.2, -0.15) is 0 Å². The Morgan fingerprint density at radius 3 is 2.85 bits per heavy atom. The van der Waals surface area contributed by atoms with Crippen LogP contribution in [0.3, 0.4) is 0 Å². The average Bonchev–Trinajstić information content (AvgIpc) is 2.97. The number of piperazine rings is 1. The molecule has 1 amide bonds. The minimum atomic E-state index is -0.438. The largest absolute Gasteiger partial charge is 0.354 e. The highest BCUT2D eigenvalue weighted by molar-refractivity contribution is 5.85. The molecule has 0 saturated carbocycles. The molecule has 2 rings (SSSR count). The molecule has 1 aromatic rings. The summed E-state index contributed by atoms with van der Waals surface area (Å²) >= 11 is 0. The lowest BCUT2D eigenvalue weighted by Gasteiger charge is -2.39. The number of H-pyrrole nitrogens is 1. The third-order valence-corrected chi connectivity index (χ3v) is 3.89. The van der Waals surface area contributed by atoms with Gasteiger partial charge < -0.3 is 15.6 Å². The molecule has 6 nitrogen and oxygen atoms in total. The molecule has 20 heavy (non-hydrogen) atoms. The molecule has 0 radical (unpaired) electrons. The molecule has 2 heterocycles. The number of carbonyl (C=O) groups excluding carboxylic acids is 1. The van der Waals surface area contributed by atoms with Crippen molar-refractivity contribution in [2.24, 2.45) is 0 Å². The maximum atomic E-state index is 12.3. The summed E-state index contributed by atoms with van der Waals surface area (Å²) in [6.07, 6.45) is 5.33. The number of nitrogens with one attached hydrogen (secondary N) is 3. The maximum absolute atomic E-state index is 12.3. The first-order valence-electron chi connectivity index (χ1n) is 7.33. The van der Waals surface area contributed by atoms with Crippen LogP contribution in [0.25, 0.3) is 0 Å². The summed E-state index contributed by atoms with van der Waals surface area (Å²) in [4.78, 5) is 21.8. The topological polar surface area (TPSA) is 73.0 Å². The fourth-order valence-corrected chi connectivity index (χ4v) is 2.48. The number of aromatic nitrogens is 2. The molecule has 6 heteroatoms. The molecule has 0 unspecified atom stereocenters. The van der Waals surface area contributed by atoms with E-state index in [0.717, 1.165) is 44.8 Å². The summed E-state index contributed by atoms with van der Waals surface area (Å²) in [6, 6.07) is 0. The summed E-state index contributed by atoms with van der Waals surface area (Å²) in [7, 11) is 0. The van der Waals surface area contributed by atoms with Crippen LogP contribution < -0.4 is 10.6 Å². The summed E-state index contributed by atoms with van der Waals surface area (Å²) in [5, 5.41) is 6.35. The Hall–Kier alpha value is -1.40. The van der Waals surface area contributed by atoms with Crippen LogP contribution >= 0.6 is 0 Å². The molecular formula is C14H25N5O. The van der Waals surface area contributed by atoms with E-state index < -0.39 is 5.54 Å². The van der Waals surface area contributed by atoms with Crippen molar-refractivity contribution in [2.75, 3.05) is 32.7 Å². The second-order valence-corrected chi connectivity index (χ2v) is 5.69. The van der Waals surface area contributed by atoms with Crippen molar-refractivity contribution in [3.63, 3.8) is 0 Å². The maximum Gasteiger partial charge on any atom is 0.239 e. The third-order valence-electron chi connectivity index (χ3n) is 3.89. The van der Waals surface area contributed by atoms with E-state index in [1.54, 1.807) is 6.20 Å². The van der Waals surface area contributed by atoms with Crippen molar-refractivity contribution in [1.29, 1.82) is 0 Å². The number of rotatable bonds is 6. The third kappa shape index (κ3) is 3.80. The first kappa shape index (κ1) is 15.0. The van der Waals surface area contributed by atoms with Crippen LogP contribution in [0.1, 0.15) is 26.1 Å². The lowest BCUT2D eigenvalue weighted by Crippen LogP contribution is -2.60. The number of carbonyl (C=O) groups is 1. The Morgan fingerprint density at radius 1 is 1.45 bits per heavy atom. The van der Waals surface area contributed by atoms with Gasteiger partial charge in [0.25, 0.3) is 0 Å². The second-order valence-electron chi connectivity index (χ2n) is 5.69. The van der Waals surface area contributed by atoms with Gasteiger partial charge in [-0.1, -0.05) is 0 Å². The molecule has 0 aliphatic carbocycles. The second kappa shape index (κ2) is 6.85. The van der Waals surface area contributed by atoms with E-state index in [4.69, 9.17) is 0 Å². The van der Waals surface area contributed by atoms with E-state index in [1.807, 2.05) is 20.0 Å². The fraction of sp³-hybridized carbons (Fsp3) is 0.714. The number of imidazole rings is 1. The molecule has 1 saturated heterocycles. The molecule has 1 aliphatic heterocycles. The Bertz CT molecular complexity index is 409. The Kier molecular flexibility index (Phi) is 5.14. The predicted octanol–water partition coefficient (Wildman–Crippen LogP) is 0.142. The van der Waals surface area contributed by atoms with Crippen molar-refractivity contribution in [1.82, 2.24) is 25.5 Å². The van der Waals surface area contributed by atoms with Gasteiger partial charge in [0, 0.05) is 51.5 Å². The summed E-state index contributed by atoms with van der Waals surface area (Å²) in [5.74, 6) is 1.08. The average molecular weight is 279 g/mol. The molecule has 1 aromatic heterocycles. The van der Waals surface area contributed by atoms with E-state index >= 15 is 0 Å². The molecule has 0 spiro atoms. The molecule has 0 atom stereocenters. The highest BCUT2D eigenvalue weighted by Gasteiger charge is 2.34. The van der Waals surface area contributed by atoms with Gasteiger partial charge in [-0.3, -0.25) is 9.69 Å². The van der Waals surface area contributed by atoms with Gasteiger partial charge in [0.2, 0.25) is 5.91 Å². The van der Waals surface area contributed by atoms with Crippen LogP contribution in [0.2, 0.25) is 0 Å². The number of aromatic amines is 1. The van der Waals surface area contributed by atoms with Gasteiger partial charge in [0.15, 0.2) is 0 Å². The zero-order chi connectivity index (χ0) is 14.4. The summed E-state index contributed by atoms with van der Waals surface area (Å²) < 4.78 is 0. The number of aryl methyl sites for hydroxylation is 1. The standard InChI is InChI=1S/C14H25N5O/c1-14(2,19-10-8-15-9-11-19)13(20)18-5-3-4-12-16-6-7-17-12/h6-7,15H,3-5,8-11H2,1-2H3,(H,16,17)(H,18,20). The highest BCUT2D eigenvalue weighted by atomic mass is 16.2. The SMILES string of the molecule is CC(C)(C(=O)NCCCc1ncc[nH]1)N1CCNCC1. The molecule has 0 bridgehead atoms. The van der Waals surface area contributed by atoms with Gasteiger partial charge >= 0.3 is 0 Å². The van der Waals surface area contributed by atoms with Crippen LogP contribution in [0.4, 0.5) is 0 Å². The fourth-order valence-electron chi connectivity index (χ4n) is 2.48. The van der Waals surface area contributed by atoms with Crippen molar-refractivity contribution in [3.05, 3.63) is 18.2 Å². The number of nitrogens with zero attached hydrogens (tertiary/aromatic N) is 2. The molecule has 1 aliphatic rings. The zero-order valence-electron chi connectivity index (χ0n) is 12.4. The number of hydrogen-bond acceptors (Lipinski definition) is 4. The quantitative estimate of drug-likeness (QED) is 0.648. The number of hydrogen-bond donors (Lipinski definition) is 3. The normalized spacial score (nSPS) is 17.1. The smallest absolute Gasteiger partial charge is 0.239 e. The van der Waals surface area contributed by atoms with Crippen molar-refractivity contribution in [3.8, 4) is 0 Å². The minimum Gasteiger partial charge on any atom is -0.354 e. The Morgan fingerprint density at radius 2 is 2.20 bits per heavy atom. The van der Waals surface area contributed by atoms with Crippen LogP contribution in [0.5, 0.6) is 0 Å². The lowest BCUT2D eigenvalue weighted by atomic mass is 10.0. The van der Waals surface area contributed by atoms with Crippen molar-refractivity contribution in [2.45, 2.75) is 32.2 Å². The molecule has 1 fully saturated rings. The van der Waals surface area contributed by atoms with Crippen molar-refractivity contribution >= 4 is 5.91 Å². The Labute approximate surface area is 120 Å². The van der Waals surface area contributed by atoms with E-state index in [2.05, 4.69) is 25.5 Å². The molecular weight excluding hydrogens is 254 g/mol. The van der Waals surface area contributed by atoms with Gasteiger partial charge in [-0.05, 0) is 20.3 Å². The lowest BCUT2D eigenvalue weighted by molar-refractivity contribution is -0.132. The highest BCUT2D eigenvalue weighted by Crippen LogP contribution is 2.15. The molecule has 3 N–H and O–H groups in total. The molecule has 0 aromatic carbocycles. The van der Waals surface area contributed by atoms with E-state index in [0.29, 0.717) is 6.54 Å². The zero-order valence-corrected chi connectivity index (χ0v) is 12.4.